The maximum Gasteiger partial charge on any atom is 0.339 e. The SMILES string of the molecule is O=C(O)c1cc(CI)cc(CI)c1O. The number of carbonyl (C=O) groups is 1. The number of benzene rings is 1. The van der Waals surface area contributed by atoms with E-state index in [9.17, 15) is 9.90 Å². The number of carboxylic acid groups (broad SMARTS) is 1. The largest absolute Gasteiger partial charge is 0.507 e. The number of phenols is 1. The maximum atomic E-state index is 10.8. The van der Waals surface area contributed by atoms with Crippen LogP contribution in [0, 0.1) is 0 Å². The van der Waals surface area contributed by atoms with Crippen molar-refractivity contribution in [1.82, 2.24) is 0 Å². The first-order valence-corrected chi connectivity index (χ1v) is 6.85. The predicted octanol–water partition coefficient (Wildman–Crippen LogP) is 2.96. The zero-order valence-electron chi connectivity index (χ0n) is 7.13. The molecule has 0 spiro atoms. The first kappa shape index (κ1) is 12.0. The molecule has 0 aliphatic carbocycles. The van der Waals surface area contributed by atoms with E-state index >= 15 is 0 Å². The van der Waals surface area contributed by atoms with Gasteiger partial charge in [0.2, 0.25) is 0 Å². The average Bonchev–Trinajstić information content (AvgIpc) is 2.17. The van der Waals surface area contributed by atoms with Crippen molar-refractivity contribution in [3.63, 3.8) is 0 Å². The number of aromatic carboxylic acids is 1. The van der Waals surface area contributed by atoms with Crippen molar-refractivity contribution in [2.45, 2.75) is 8.86 Å². The van der Waals surface area contributed by atoms with Gasteiger partial charge in [-0.1, -0.05) is 51.2 Å². The van der Waals surface area contributed by atoms with Gasteiger partial charge in [-0.15, -0.1) is 0 Å². The van der Waals surface area contributed by atoms with Crippen molar-refractivity contribution in [2.24, 2.45) is 0 Å². The van der Waals surface area contributed by atoms with Gasteiger partial charge < -0.3 is 10.2 Å². The van der Waals surface area contributed by atoms with Gasteiger partial charge in [0.15, 0.2) is 0 Å². The number of hydrogen-bond donors (Lipinski definition) is 2. The molecule has 0 saturated carbocycles. The van der Waals surface area contributed by atoms with Crippen LogP contribution in [0.15, 0.2) is 12.1 Å². The Bertz CT molecular complexity index is 363. The fourth-order valence-corrected chi connectivity index (χ4v) is 2.12. The maximum absolute atomic E-state index is 10.8. The zero-order chi connectivity index (χ0) is 10.7. The fraction of sp³-hybridized carbons (Fsp3) is 0.222. The summed E-state index contributed by atoms with van der Waals surface area (Å²) in [5.41, 5.74) is 1.59. The molecule has 0 unspecified atom stereocenters. The minimum Gasteiger partial charge on any atom is -0.507 e. The van der Waals surface area contributed by atoms with Crippen molar-refractivity contribution >= 4 is 51.2 Å². The van der Waals surface area contributed by atoms with E-state index in [4.69, 9.17) is 5.11 Å². The topological polar surface area (TPSA) is 57.5 Å². The highest BCUT2D eigenvalue weighted by Crippen LogP contribution is 2.27. The highest BCUT2D eigenvalue weighted by molar-refractivity contribution is 14.1. The van der Waals surface area contributed by atoms with Gasteiger partial charge in [0.1, 0.15) is 11.3 Å². The van der Waals surface area contributed by atoms with Crippen LogP contribution < -0.4 is 0 Å². The van der Waals surface area contributed by atoms with E-state index in [0.717, 1.165) is 9.99 Å². The van der Waals surface area contributed by atoms with Gasteiger partial charge in [-0.3, -0.25) is 0 Å². The second-order valence-corrected chi connectivity index (χ2v) is 4.25. The van der Waals surface area contributed by atoms with E-state index < -0.39 is 5.97 Å². The molecule has 14 heavy (non-hydrogen) atoms. The Hall–Kier alpha value is -0.0500. The number of rotatable bonds is 3. The average molecular weight is 418 g/mol. The lowest BCUT2D eigenvalue weighted by molar-refractivity contribution is 0.0693. The van der Waals surface area contributed by atoms with Gasteiger partial charge >= 0.3 is 5.97 Å². The van der Waals surface area contributed by atoms with Crippen LogP contribution in [0.3, 0.4) is 0 Å². The monoisotopic (exact) mass is 418 g/mol. The molecule has 1 aromatic carbocycles. The fourth-order valence-electron chi connectivity index (χ4n) is 1.10. The van der Waals surface area contributed by atoms with E-state index in [1.165, 1.54) is 6.07 Å². The minimum absolute atomic E-state index is 0.00849. The molecule has 0 amide bonds. The lowest BCUT2D eigenvalue weighted by Crippen LogP contribution is -2.00. The van der Waals surface area contributed by atoms with Gasteiger partial charge in [0.05, 0.1) is 0 Å². The molecule has 0 fully saturated rings. The molecule has 3 nitrogen and oxygen atoms in total. The summed E-state index contributed by atoms with van der Waals surface area (Å²) in [5.74, 6) is -1.19. The number of halogens is 2. The Kier molecular flexibility index (Phi) is 4.42. The second kappa shape index (κ2) is 5.15. The van der Waals surface area contributed by atoms with E-state index in [0.29, 0.717) is 9.99 Å². The summed E-state index contributed by atoms with van der Waals surface area (Å²) in [6.07, 6.45) is 0. The molecule has 0 saturated heterocycles. The van der Waals surface area contributed by atoms with Gasteiger partial charge in [0.25, 0.3) is 0 Å². The number of carboxylic acids is 1. The molecule has 0 bridgehead atoms. The van der Waals surface area contributed by atoms with Crippen LogP contribution in [0.5, 0.6) is 5.75 Å². The zero-order valence-corrected chi connectivity index (χ0v) is 11.4. The summed E-state index contributed by atoms with van der Waals surface area (Å²) in [6.45, 7) is 0. The summed E-state index contributed by atoms with van der Waals surface area (Å²) in [6, 6.07) is 3.35. The number of alkyl halides is 2. The summed E-state index contributed by atoms with van der Waals surface area (Å²) >= 11 is 4.26. The normalized spacial score (nSPS) is 10.1. The lowest BCUT2D eigenvalue weighted by Gasteiger charge is -2.07. The van der Waals surface area contributed by atoms with E-state index in [1.54, 1.807) is 0 Å². The Labute approximate surface area is 109 Å². The third-order valence-electron chi connectivity index (χ3n) is 1.78. The second-order valence-electron chi connectivity index (χ2n) is 2.72. The van der Waals surface area contributed by atoms with E-state index in [-0.39, 0.29) is 11.3 Å². The smallest absolute Gasteiger partial charge is 0.339 e. The third-order valence-corrected chi connectivity index (χ3v) is 3.48. The highest BCUT2D eigenvalue weighted by atomic mass is 127. The number of aromatic hydroxyl groups is 1. The minimum atomic E-state index is -1.08. The molecule has 0 aliphatic rings. The summed E-state index contributed by atoms with van der Waals surface area (Å²) in [5, 5.41) is 18.4. The van der Waals surface area contributed by atoms with E-state index in [2.05, 4.69) is 45.2 Å². The Morgan fingerprint density at radius 2 is 1.93 bits per heavy atom. The highest BCUT2D eigenvalue weighted by Gasteiger charge is 2.14. The van der Waals surface area contributed by atoms with Crippen LogP contribution >= 0.6 is 45.2 Å². The molecule has 1 aromatic rings. The third kappa shape index (κ3) is 2.50. The first-order chi connectivity index (χ1) is 6.60. The van der Waals surface area contributed by atoms with Gasteiger partial charge in [-0.05, 0) is 11.6 Å². The van der Waals surface area contributed by atoms with Crippen molar-refractivity contribution in [3.8, 4) is 5.75 Å². The molecule has 5 heteroatoms. The summed E-state index contributed by atoms with van der Waals surface area (Å²) < 4.78 is 1.34. The van der Waals surface area contributed by atoms with Crippen molar-refractivity contribution in [3.05, 3.63) is 28.8 Å². The van der Waals surface area contributed by atoms with Gasteiger partial charge in [-0.2, -0.15) is 0 Å². The summed E-state index contributed by atoms with van der Waals surface area (Å²) in [4.78, 5) is 10.8. The molecular weight excluding hydrogens is 410 g/mol. The van der Waals surface area contributed by atoms with Crippen LogP contribution in [-0.2, 0) is 8.86 Å². The molecule has 0 radical (unpaired) electrons. The Morgan fingerprint density at radius 1 is 1.29 bits per heavy atom. The quantitative estimate of drug-likeness (QED) is 0.587. The predicted molar refractivity (Wildman–Crippen MR) is 70.5 cm³/mol. The van der Waals surface area contributed by atoms with Gasteiger partial charge in [-0.25, -0.2) is 4.79 Å². The summed E-state index contributed by atoms with van der Waals surface area (Å²) in [7, 11) is 0. The van der Waals surface area contributed by atoms with Crippen LogP contribution in [-0.4, -0.2) is 16.2 Å². The molecule has 2 N–H and O–H groups in total. The molecule has 1 rings (SSSR count). The first-order valence-electron chi connectivity index (χ1n) is 3.80. The lowest BCUT2D eigenvalue weighted by atomic mass is 10.1. The van der Waals surface area contributed by atoms with Gasteiger partial charge in [0, 0.05) is 14.4 Å². The molecule has 0 heterocycles. The van der Waals surface area contributed by atoms with Crippen molar-refractivity contribution < 1.29 is 15.0 Å². The molecular formula is C9H8I2O3. The Morgan fingerprint density at radius 3 is 2.36 bits per heavy atom. The number of hydrogen-bond acceptors (Lipinski definition) is 2. The van der Waals surface area contributed by atoms with Crippen LogP contribution in [0.25, 0.3) is 0 Å². The standard InChI is InChI=1S/C9H8I2O3/c10-3-5-1-6(4-11)8(12)7(2-5)9(13)14/h1-2,12H,3-4H2,(H,13,14). The van der Waals surface area contributed by atoms with Crippen LogP contribution in [0.1, 0.15) is 21.5 Å². The molecule has 0 aliphatic heterocycles. The molecule has 0 aromatic heterocycles. The van der Waals surface area contributed by atoms with E-state index in [1.807, 2.05) is 6.07 Å². The van der Waals surface area contributed by atoms with Crippen LogP contribution in [0.4, 0.5) is 0 Å². The molecule has 76 valence electrons. The molecule has 0 atom stereocenters. The van der Waals surface area contributed by atoms with Crippen molar-refractivity contribution in [2.75, 3.05) is 0 Å². The van der Waals surface area contributed by atoms with Crippen molar-refractivity contribution in [1.29, 1.82) is 0 Å². The Balaban J connectivity index is 3.34. The van der Waals surface area contributed by atoms with Crippen LogP contribution in [0.2, 0.25) is 0 Å².